The average Bonchev–Trinajstić information content (AvgIpc) is 3.21. The van der Waals surface area contributed by atoms with E-state index in [1.54, 1.807) is 0 Å². The number of piperazine rings is 1. The molecule has 24 heavy (non-hydrogen) atoms. The molecule has 3 aliphatic rings. The van der Waals surface area contributed by atoms with Crippen LogP contribution in [0.25, 0.3) is 0 Å². The summed E-state index contributed by atoms with van der Waals surface area (Å²) in [6.07, 6.45) is 6.15. The van der Waals surface area contributed by atoms with Crippen LogP contribution in [0.1, 0.15) is 38.5 Å². The van der Waals surface area contributed by atoms with E-state index in [2.05, 4.69) is 4.90 Å². The van der Waals surface area contributed by atoms with Gasteiger partial charge in [0.1, 0.15) is 0 Å². The van der Waals surface area contributed by atoms with E-state index >= 15 is 0 Å². The van der Waals surface area contributed by atoms with Gasteiger partial charge in [-0.25, -0.2) is 8.42 Å². The highest BCUT2D eigenvalue weighted by Gasteiger charge is 2.34. The fraction of sp³-hybridized carbons (Fsp3) is 0.938. The highest BCUT2D eigenvalue weighted by molar-refractivity contribution is 8.77. The van der Waals surface area contributed by atoms with Gasteiger partial charge in [-0.3, -0.25) is 9.69 Å². The summed E-state index contributed by atoms with van der Waals surface area (Å²) in [7, 11) is 1.17. The molecule has 0 radical (unpaired) electrons. The molecule has 3 aliphatic heterocycles. The molecular formula is C16H28N2O3S3. The van der Waals surface area contributed by atoms with Crippen LogP contribution in [-0.2, 0) is 14.6 Å². The molecule has 3 heterocycles. The number of unbranched alkanes of at least 4 members (excludes halogenated alkanes) is 1. The summed E-state index contributed by atoms with van der Waals surface area (Å²) in [5.74, 6) is 2.19. The Morgan fingerprint density at radius 3 is 2.50 bits per heavy atom. The van der Waals surface area contributed by atoms with Gasteiger partial charge >= 0.3 is 0 Å². The predicted molar refractivity (Wildman–Crippen MR) is 102 cm³/mol. The van der Waals surface area contributed by atoms with Crippen LogP contribution in [0.3, 0.4) is 0 Å². The first-order chi connectivity index (χ1) is 11.5. The zero-order valence-corrected chi connectivity index (χ0v) is 16.6. The third-order valence-electron chi connectivity index (χ3n) is 5.29. The number of hydrogen-bond acceptors (Lipinski definition) is 6. The minimum Gasteiger partial charge on any atom is -0.340 e. The molecule has 3 saturated heterocycles. The van der Waals surface area contributed by atoms with Crippen LogP contribution in [-0.4, -0.2) is 78.9 Å². The standard InChI is InChI=1S/C16H28N2O3S3/c19-16(4-2-1-3-15-5-11-22-23-15)18-9-7-17(8-10-18)14-6-12-24(20,21)13-14/h14-15H,1-13H2. The van der Waals surface area contributed by atoms with E-state index in [1.165, 1.54) is 18.6 Å². The number of carbonyl (C=O) groups is 1. The van der Waals surface area contributed by atoms with Crippen molar-refractivity contribution in [3.05, 3.63) is 0 Å². The van der Waals surface area contributed by atoms with Gasteiger partial charge in [-0.15, -0.1) is 0 Å². The zero-order valence-electron chi connectivity index (χ0n) is 14.2. The summed E-state index contributed by atoms with van der Waals surface area (Å²) in [5, 5.41) is 0.802. The van der Waals surface area contributed by atoms with Gasteiger partial charge in [-0.2, -0.15) is 0 Å². The van der Waals surface area contributed by atoms with E-state index in [0.29, 0.717) is 17.9 Å². The number of nitrogens with zero attached hydrogens (tertiary/aromatic N) is 2. The molecule has 0 bridgehead atoms. The molecule has 0 spiro atoms. The van der Waals surface area contributed by atoms with E-state index in [9.17, 15) is 13.2 Å². The number of carbonyl (C=O) groups excluding carboxylic acids is 1. The number of amides is 1. The molecule has 0 saturated carbocycles. The molecular weight excluding hydrogens is 364 g/mol. The Morgan fingerprint density at radius 1 is 1.08 bits per heavy atom. The maximum atomic E-state index is 12.3. The van der Waals surface area contributed by atoms with Gasteiger partial charge in [0.2, 0.25) is 5.91 Å². The summed E-state index contributed by atoms with van der Waals surface area (Å²) < 4.78 is 23.2. The van der Waals surface area contributed by atoms with Gasteiger partial charge in [0.15, 0.2) is 9.84 Å². The van der Waals surface area contributed by atoms with Gasteiger partial charge in [-0.1, -0.05) is 28.0 Å². The minimum atomic E-state index is -2.82. The lowest BCUT2D eigenvalue weighted by molar-refractivity contribution is -0.133. The van der Waals surface area contributed by atoms with Crippen LogP contribution in [0.2, 0.25) is 0 Å². The largest absolute Gasteiger partial charge is 0.340 e. The van der Waals surface area contributed by atoms with Crippen molar-refractivity contribution >= 4 is 37.3 Å². The Balaban J connectivity index is 1.31. The lowest BCUT2D eigenvalue weighted by Gasteiger charge is -2.37. The quantitative estimate of drug-likeness (QED) is 0.509. The molecule has 1 amide bonds. The second kappa shape index (κ2) is 8.64. The number of sulfone groups is 1. The Hall–Kier alpha value is 0.0800. The predicted octanol–water partition coefficient (Wildman–Crippen LogP) is 2.03. The number of hydrogen-bond donors (Lipinski definition) is 0. The van der Waals surface area contributed by atoms with Crippen molar-refractivity contribution in [2.75, 3.05) is 43.4 Å². The highest BCUT2D eigenvalue weighted by Crippen LogP contribution is 2.39. The molecule has 0 aromatic heterocycles. The van der Waals surface area contributed by atoms with Crippen LogP contribution < -0.4 is 0 Å². The second-order valence-corrected chi connectivity index (χ2v) is 12.1. The summed E-state index contributed by atoms with van der Waals surface area (Å²) in [6.45, 7) is 3.15. The van der Waals surface area contributed by atoms with Crippen molar-refractivity contribution < 1.29 is 13.2 Å². The van der Waals surface area contributed by atoms with E-state index < -0.39 is 9.84 Å². The lowest BCUT2D eigenvalue weighted by atomic mass is 10.1. The summed E-state index contributed by atoms with van der Waals surface area (Å²) in [5.41, 5.74) is 0. The van der Waals surface area contributed by atoms with Crippen molar-refractivity contribution in [2.45, 2.75) is 49.8 Å². The van der Waals surface area contributed by atoms with Crippen LogP contribution in [0, 0.1) is 0 Å². The Kier molecular flexibility index (Phi) is 6.79. The first-order valence-electron chi connectivity index (χ1n) is 9.04. The fourth-order valence-corrected chi connectivity index (χ4v) is 8.56. The van der Waals surface area contributed by atoms with E-state index in [0.717, 1.165) is 50.7 Å². The Labute approximate surface area is 153 Å². The van der Waals surface area contributed by atoms with Crippen LogP contribution in [0.4, 0.5) is 0 Å². The maximum absolute atomic E-state index is 12.3. The number of rotatable bonds is 6. The molecule has 0 aromatic carbocycles. The van der Waals surface area contributed by atoms with Crippen molar-refractivity contribution in [3.63, 3.8) is 0 Å². The van der Waals surface area contributed by atoms with Crippen LogP contribution in [0.15, 0.2) is 0 Å². The third-order valence-corrected chi connectivity index (χ3v) is 10.0. The Morgan fingerprint density at radius 2 is 1.88 bits per heavy atom. The van der Waals surface area contributed by atoms with Gasteiger partial charge in [0, 0.05) is 49.6 Å². The van der Waals surface area contributed by atoms with E-state index in [1.807, 2.05) is 26.5 Å². The Bertz CT molecular complexity index is 527. The van der Waals surface area contributed by atoms with Crippen molar-refractivity contribution in [1.82, 2.24) is 9.80 Å². The minimum absolute atomic E-state index is 0.175. The summed E-state index contributed by atoms with van der Waals surface area (Å²) in [6, 6.07) is 0.175. The second-order valence-electron chi connectivity index (χ2n) is 7.05. The molecule has 0 N–H and O–H groups in total. The first kappa shape index (κ1) is 18.9. The van der Waals surface area contributed by atoms with Gasteiger partial charge < -0.3 is 4.90 Å². The summed E-state index contributed by atoms with van der Waals surface area (Å²) >= 11 is 0. The lowest BCUT2D eigenvalue weighted by Crippen LogP contribution is -2.52. The molecule has 5 nitrogen and oxygen atoms in total. The molecule has 3 fully saturated rings. The zero-order chi connectivity index (χ0) is 17.0. The smallest absolute Gasteiger partial charge is 0.222 e. The average molecular weight is 393 g/mol. The van der Waals surface area contributed by atoms with Crippen LogP contribution in [0.5, 0.6) is 0 Å². The van der Waals surface area contributed by atoms with Gasteiger partial charge in [0.25, 0.3) is 0 Å². The van der Waals surface area contributed by atoms with Crippen LogP contribution >= 0.6 is 21.6 Å². The van der Waals surface area contributed by atoms with E-state index in [-0.39, 0.29) is 11.9 Å². The molecule has 0 aliphatic carbocycles. The molecule has 2 unspecified atom stereocenters. The van der Waals surface area contributed by atoms with E-state index in [4.69, 9.17) is 0 Å². The topological polar surface area (TPSA) is 57.7 Å². The highest BCUT2D eigenvalue weighted by atomic mass is 33.1. The normalized spacial score (nSPS) is 30.8. The fourth-order valence-electron chi connectivity index (χ4n) is 3.77. The molecule has 2 atom stereocenters. The van der Waals surface area contributed by atoms with Crippen molar-refractivity contribution in [2.24, 2.45) is 0 Å². The molecule has 8 heteroatoms. The monoisotopic (exact) mass is 392 g/mol. The van der Waals surface area contributed by atoms with Crippen molar-refractivity contribution in [1.29, 1.82) is 0 Å². The maximum Gasteiger partial charge on any atom is 0.222 e. The van der Waals surface area contributed by atoms with Gasteiger partial charge in [0.05, 0.1) is 11.5 Å². The molecule has 0 aromatic rings. The SMILES string of the molecule is O=C(CCCCC1CCSS1)N1CCN(C2CCS(=O)(=O)C2)CC1. The third kappa shape index (κ3) is 5.29. The summed E-state index contributed by atoms with van der Waals surface area (Å²) in [4.78, 5) is 16.6. The molecule has 3 rings (SSSR count). The first-order valence-corrected chi connectivity index (χ1v) is 13.2. The molecule has 138 valence electrons. The van der Waals surface area contributed by atoms with Gasteiger partial charge in [-0.05, 0) is 25.7 Å². The van der Waals surface area contributed by atoms with Crippen molar-refractivity contribution in [3.8, 4) is 0 Å².